The molecule has 1 fully saturated rings. The summed E-state index contributed by atoms with van der Waals surface area (Å²) in [6.45, 7) is 7.66. The summed E-state index contributed by atoms with van der Waals surface area (Å²) in [5, 5.41) is 0. The van der Waals surface area contributed by atoms with E-state index in [-0.39, 0.29) is 6.04 Å². The predicted molar refractivity (Wildman–Crippen MR) is 64.7 cm³/mol. The summed E-state index contributed by atoms with van der Waals surface area (Å²) in [6, 6.07) is 0.0404. The number of rotatable bonds is 4. The van der Waals surface area contributed by atoms with E-state index in [1.165, 1.54) is 12.8 Å². The Hall–Kier alpha value is -0.340. The Morgan fingerprint density at radius 1 is 1.53 bits per heavy atom. The molecule has 2 N–H and O–H groups in total. The van der Waals surface area contributed by atoms with Crippen molar-refractivity contribution >= 4 is 0 Å². The van der Waals surface area contributed by atoms with Crippen LogP contribution in [0, 0.1) is 17.3 Å². The minimum atomic E-state index is 0.0404. The fourth-order valence-electron chi connectivity index (χ4n) is 2.68. The number of nitrogens with two attached hydrogens (primary N) is 1. The molecule has 0 aromatic rings. The van der Waals surface area contributed by atoms with Crippen LogP contribution in [0.4, 0.5) is 0 Å². The second kappa shape index (κ2) is 5.13. The molecule has 0 heterocycles. The highest BCUT2D eigenvalue weighted by atomic mass is 16.5. The van der Waals surface area contributed by atoms with Gasteiger partial charge in [-0.1, -0.05) is 32.9 Å². The standard InChI is InChI=1S/C13H25NO/c1-10-7-8-13(2,3)12(10)6-5-11(14)9-15-4/h5-6,10-12H,7-9,14H2,1-4H3. The number of methoxy groups -OCH3 is 1. The van der Waals surface area contributed by atoms with Crippen molar-refractivity contribution in [3.8, 4) is 0 Å². The molecule has 2 heteroatoms. The summed E-state index contributed by atoms with van der Waals surface area (Å²) in [6.07, 6.45) is 7.07. The lowest BCUT2D eigenvalue weighted by Crippen LogP contribution is -2.25. The van der Waals surface area contributed by atoms with Crippen LogP contribution >= 0.6 is 0 Å². The van der Waals surface area contributed by atoms with Crippen molar-refractivity contribution in [2.45, 2.75) is 39.7 Å². The molecular weight excluding hydrogens is 186 g/mol. The largest absolute Gasteiger partial charge is 0.383 e. The van der Waals surface area contributed by atoms with Crippen LogP contribution in [0.15, 0.2) is 12.2 Å². The van der Waals surface area contributed by atoms with Crippen molar-refractivity contribution in [1.29, 1.82) is 0 Å². The van der Waals surface area contributed by atoms with Crippen LogP contribution in [0.2, 0.25) is 0 Å². The zero-order valence-corrected chi connectivity index (χ0v) is 10.5. The highest BCUT2D eigenvalue weighted by molar-refractivity contribution is 5.04. The van der Waals surface area contributed by atoms with Gasteiger partial charge in [0.05, 0.1) is 6.61 Å². The fraction of sp³-hybridized carbons (Fsp3) is 0.846. The molecule has 0 aromatic carbocycles. The number of hydrogen-bond donors (Lipinski definition) is 1. The van der Waals surface area contributed by atoms with Gasteiger partial charge in [0.2, 0.25) is 0 Å². The van der Waals surface area contributed by atoms with Crippen LogP contribution in [0.25, 0.3) is 0 Å². The smallest absolute Gasteiger partial charge is 0.0649 e. The maximum atomic E-state index is 5.88. The molecule has 1 rings (SSSR count). The average Bonchev–Trinajstić information content (AvgIpc) is 2.39. The van der Waals surface area contributed by atoms with Gasteiger partial charge in [-0.2, -0.15) is 0 Å². The van der Waals surface area contributed by atoms with E-state index in [4.69, 9.17) is 10.5 Å². The molecule has 3 unspecified atom stereocenters. The van der Waals surface area contributed by atoms with Crippen LogP contribution in [0.3, 0.4) is 0 Å². The first-order valence-electron chi connectivity index (χ1n) is 5.90. The Kier molecular flexibility index (Phi) is 4.35. The maximum Gasteiger partial charge on any atom is 0.0649 e. The molecule has 0 saturated heterocycles. The average molecular weight is 211 g/mol. The lowest BCUT2D eigenvalue weighted by Gasteiger charge is -2.27. The molecular formula is C13H25NO. The minimum Gasteiger partial charge on any atom is -0.383 e. The van der Waals surface area contributed by atoms with Gasteiger partial charge in [0.1, 0.15) is 0 Å². The van der Waals surface area contributed by atoms with Crippen molar-refractivity contribution in [3.63, 3.8) is 0 Å². The molecule has 0 bridgehead atoms. The van der Waals surface area contributed by atoms with Crippen molar-refractivity contribution in [1.82, 2.24) is 0 Å². The molecule has 1 saturated carbocycles. The molecule has 0 aliphatic heterocycles. The second-order valence-electron chi connectivity index (χ2n) is 5.53. The first kappa shape index (κ1) is 12.7. The van der Waals surface area contributed by atoms with Crippen LogP contribution in [-0.4, -0.2) is 19.8 Å². The van der Waals surface area contributed by atoms with E-state index in [1.807, 2.05) is 0 Å². The Labute approximate surface area is 93.9 Å². The van der Waals surface area contributed by atoms with Crippen molar-refractivity contribution in [3.05, 3.63) is 12.2 Å². The first-order valence-corrected chi connectivity index (χ1v) is 5.90. The minimum absolute atomic E-state index is 0.0404. The maximum absolute atomic E-state index is 5.88. The molecule has 15 heavy (non-hydrogen) atoms. The third-order valence-corrected chi connectivity index (χ3v) is 3.68. The van der Waals surface area contributed by atoms with Gasteiger partial charge in [-0.05, 0) is 30.1 Å². The molecule has 3 atom stereocenters. The van der Waals surface area contributed by atoms with E-state index in [0.29, 0.717) is 17.9 Å². The van der Waals surface area contributed by atoms with Gasteiger partial charge in [-0.15, -0.1) is 0 Å². The van der Waals surface area contributed by atoms with E-state index < -0.39 is 0 Å². The summed E-state index contributed by atoms with van der Waals surface area (Å²) in [5.41, 5.74) is 6.32. The van der Waals surface area contributed by atoms with Gasteiger partial charge in [0.15, 0.2) is 0 Å². The lowest BCUT2D eigenvalue weighted by atomic mass is 9.79. The summed E-state index contributed by atoms with van der Waals surface area (Å²) in [7, 11) is 1.69. The lowest BCUT2D eigenvalue weighted by molar-refractivity contribution is 0.191. The van der Waals surface area contributed by atoms with Gasteiger partial charge in [0, 0.05) is 13.2 Å². The summed E-state index contributed by atoms with van der Waals surface area (Å²) in [5.74, 6) is 1.45. The normalized spacial score (nSPS) is 32.3. The van der Waals surface area contributed by atoms with E-state index >= 15 is 0 Å². The Morgan fingerprint density at radius 3 is 2.67 bits per heavy atom. The fourth-order valence-corrected chi connectivity index (χ4v) is 2.68. The van der Waals surface area contributed by atoms with Gasteiger partial charge >= 0.3 is 0 Å². The van der Waals surface area contributed by atoms with Gasteiger partial charge in [-0.3, -0.25) is 0 Å². The number of hydrogen-bond acceptors (Lipinski definition) is 2. The van der Waals surface area contributed by atoms with Gasteiger partial charge < -0.3 is 10.5 Å². The summed E-state index contributed by atoms with van der Waals surface area (Å²) >= 11 is 0. The van der Waals surface area contributed by atoms with E-state index in [1.54, 1.807) is 7.11 Å². The van der Waals surface area contributed by atoms with E-state index in [2.05, 4.69) is 32.9 Å². The Bertz CT molecular complexity index is 223. The van der Waals surface area contributed by atoms with E-state index in [0.717, 1.165) is 5.92 Å². The third kappa shape index (κ3) is 3.32. The van der Waals surface area contributed by atoms with E-state index in [9.17, 15) is 0 Å². The quantitative estimate of drug-likeness (QED) is 0.725. The zero-order chi connectivity index (χ0) is 11.5. The molecule has 0 aromatic heterocycles. The molecule has 0 radical (unpaired) electrons. The van der Waals surface area contributed by atoms with Crippen LogP contribution < -0.4 is 5.73 Å². The predicted octanol–water partition coefficient (Wildman–Crippen LogP) is 2.59. The zero-order valence-electron chi connectivity index (χ0n) is 10.5. The third-order valence-electron chi connectivity index (χ3n) is 3.68. The second-order valence-corrected chi connectivity index (χ2v) is 5.53. The summed E-state index contributed by atoms with van der Waals surface area (Å²) < 4.78 is 5.02. The van der Waals surface area contributed by atoms with Crippen LogP contribution in [-0.2, 0) is 4.74 Å². The Morgan fingerprint density at radius 2 is 2.20 bits per heavy atom. The first-order chi connectivity index (χ1) is 6.97. The molecule has 1 aliphatic carbocycles. The topological polar surface area (TPSA) is 35.2 Å². The summed E-state index contributed by atoms with van der Waals surface area (Å²) in [4.78, 5) is 0. The van der Waals surface area contributed by atoms with Crippen molar-refractivity contribution in [2.24, 2.45) is 23.0 Å². The highest BCUT2D eigenvalue weighted by Gasteiger charge is 2.37. The molecule has 0 amide bonds. The van der Waals surface area contributed by atoms with Crippen molar-refractivity contribution in [2.75, 3.05) is 13.7 Å². The van der Waals surface area contributed by atoms with Gasteiger partial charge in [-0.25, -0.2) is 0 Å². The van der Waals surface area contributed by atoms with Gasteiger partial charge in [0.25, 0.3) is 0 Å². The molecule has 88 valence electrons. The number of allylic oxidation sites excluding steroid dienone is 1. The molecule has 0 spiro atoms. The highest BCUT2D eigenvalue weighted by Crippen LogP contribution is 2.46. The SMILES string of the molecule is COCC(N)C=CC1C(C)CCC1(C)C. The van der Waals surface area contributed by atoms with Crippen molar-refractivity contribution < 1.29 is 4.74 Å². The van der Waals surface area contributed by atoms with Crippen LogP contribution in [0.5, 0.6) is 0 Å². The molecule has 1 aliphatic rings. The Balaban J connectivity index is 2.56. The molecule has 2 nitrogen and oxygen atoms in total. The monoisotopic (exact) mass is 211 g/mol. The van der Waals surface area contributed by atoms with Crippen LogP contribution in [0.1, 0.15) is 33.6 Å². The number of ether oxygens (including phenoxy) is 1.